The van der Waals surface area contributed by atoms with E-state index in [4.69, 9.17) is 5.11 Å². The second-order valence-electron chi connectivity index (χ2n) is 3.65. The number of hydrogen-bond acceptors (Lipinski definition) is 4. The Balaban J connectivity index is 2.44. The Morgan fingerprint density at radius 3 is 2.65 bits per heavy atom. The van der Waals surface area contributed by atoms with Gasteiger partial charge in [-0.25, -0.2) is 0 Å². The van der Waals surface area contributed by atoms with Crippen molar-refractivity contribution in [3.8, 4) is 5.75 Å². The van der Waals surface area contributed by atoms with E-state index in [9.17, 15) is 18.4 Å². The van der Waals surface area contributed by atoms with Crippen LogP contribution in [0.2, 0.25) is 0 Å². The fourth-order valence-electron chi connectivity index (χ4n) is 1.34. The number of benzene rings is 1. The van der Waals surface area contributed by atoms with Crippen LogP contribution in [0.25, 0.3) is 0 Å². The van der Waals surface area contributed by atoms with E-state index >= 15 is 0 Å². The normalized spacial score (nSPS) is 10.3. The second kappa shape index (κ2) is 8.36. The maximum Gasteiger partial charge on any atom is 0.387 e. The van der Waals surface area contributed by atoms with Gasteiger partial charge in [-0.1, -0.05) is 18.2 Å². The third-order valence-corrected chi connectivity index (χ3v) is 3.04. The predicted octanol–water partition coefficient (Wildman–Crippen LogP) is 1.72. The van der Waals surface area contributed by atoms with Crippen LogP contribution in [-0.2, 0) is 16.1 Å². The highest BCUT2D eigenvalue weighted by Crippen LogP contribution is 2.19. The Kier molecular flexibility index (Phi) is 6.78. The molecule has 0 atom stereocenters. The smallest absolute Gasteiger partial charge is 0.387 e. The van der Waals surface area contributed by atoms with Gasteiger partial charge in [0.1, 0.15) is 5.75 Å². The van der Waals surface area contributed by atoms with E-state index in [-0.39, 0.29) is 29.7 Å². The van der Waals surface area contributed by atoms with Gasteiger partial charge >= 0.3 is 12.6 Å². The van der Waals surface area contributed by atoms with Gasteiger partial charge in [0.2, 0.25) is 5.91 Å². The van der Waals surface area contributed by atoms with Gasteiger partial charge in [-0.15, -0.1) is 11.8 Å². The van der Waals surface area contributed by atoms with Crippen LogP contribution < -0.4 is 10.1 Å². The van der Waals surface area contributed by atoms with E-state index in [1.807, 2.05) is 0 Å². The Labute approximate surface area is 118 Å². The minimum atomic E-state index is -2.93. The number of rotatable bonds is 8. The van der Waals surface area contributed by atoms with E-state index in [2.05, 4.69) is 10.1 Å². The first-order valence-electron chi connectivity index (χ1n) is 5.58. The van der Waals surface area contributed by atoms with Gasteiger partial charge in [0.15, 0.2) is 0 Å². The average Bonchev–Trinajstić information content (AvgIpc) is 2.36. The molecule has 0 saturated carbocycles. The topological polar surface area (TPSA) is 75.6 Å². The Hall–Kier alpha value is -1.83. The maximum atomic E-state index is 12.2. The first-order chi connectivity index (χ1) is 9.49. The maximum absolute atomic E-state index is 12.2. The van der Waals surface area contributed by atoms with Gasteiger partial charge in [-0.2, -0.15) is 8.78 Å². The number of ether oxygens (including phenoxy) is 1. The van der Waals surface area contributed by atoms with Crippen LogP contribution in [0, 0.1) is 0 Å². The van der Waals surface area contributed by atoms with Crippen molar-refractivity contribution in [3.05, 3.63) is 29.8 Å². The molecule has 0 aromatic heterocycles. The van der Waals surface area contributed by atoms with Crippen molar-refractivity contribution in [1.82, 2.24) is 5.32 Å². The summed E-state index contributed by atoms with van der Waals surface area (Å²) in [7, 11) is 0. The Morgan fingerprint density at radius 1 is 1.30 bits per heavy atom. The molecule has 1 rings (SSSR count). The third-order valence-electron chi connectivity index (χ3n) is 2.12. The van der Waals surface area contributed by atoms with Crippen LogP contribution in [0.15, 0.2) is 24.3 Å². The molecule has 0 saturated heterocycles. The van der Waals surface area contributed by atoms with Crippen LogP contribution in [0.5, 0.6) is 5.75 Å². The molecule has 8 heteroatoms. The minimum absolute atomic E-state index is 0.000916. The minimum Gasteiger partial charge on any atom is -0.481 e. The number of amides is 1. The molecule has 0 heterocycles. The number of carbonyl (C=O) groups is 2. The molecule has 0 aliphatic carbocycles. The molecule has 0 spiro atoms. The number of aliphatic carboxylic acids is 1. The monoisotopic (exact) mass is 305 g/mol. The number of carboxylic acids is 1. The number of halogens is 2. The van der Waals surface area contributed by atoms with E-state index < -0.39 is 12.6 Å². The molecule has 0 fully saturated rings. The van der Waals surface area contributed by atoms with Crippen LogP contribution in [0.4, 0.5) is 8.78 Å². The zero-order valence-electron chi connectivity index (χ0n) is 10.3. The number of carboxylic acid groups (broad SMARTS) is 1. The van der Waals surface area contributed by atoms with E-state index in [0.29, 0.717) is 5.56 Å². The number of alkyl halides is 2. The van der Waals surface area contributed by atoms with Gasteiger partial charge < -0.3 is 15.2 Å². The number of para-hydroxylation sites is 1. The molecule has 0 unspecified atom stereocenters. The number of thioether (sulfide) groups is 1. The number of nitrogens with one attached hydrogen (secondary N) is 1. The molecular weight excluding hydrogens is 292 g/mol. The highest BCUT2D eigenvalue weighted by atomic mass is 32.2. The van der Waals surface area contributed by atoms with E-state index in [1.54, 1.807) is 18.2 Å². The van der Waals surface area contributed by atoms with Crippen molar-refractivity contribution in [2.75, 3.05) is 11.5 Å². The molecule has 0 aliphatic heterocycles. The molecular formula is C12H13F2NO4S. The molecule has 1 aromatic rings. The van der Waals surface area contributed by atoms with Gasteiger partial charge in [0.05, 0.1) is 11.5 Å². The lowest BCUT2D eigenvalue weighted by Crippen LogP contribution is -2.25. The molecule has 0 bridgehead atoms. The number of hydrogen-bond donors (Lipinski definition) is 2. The lowest BCUT2D eigenvalue weighted by Gasteiger charge is -2.11. The summed E-state index contributed by atoms with van der Waals surface area (Å²) in [4.78, 5) is 21.7. The summed E-state index contributed by atoms with van der Waals surface area (Å²) < 4.78 is 28.7. The van der Waals surface area contributed by atoms with Crippen LogP contribution in [-0.4, -0.2) is 35.1 Å². The molecule has 0 aliphatic rings. The quantitative estimate of drug-likeness (QED) is 0.765. The highest BCUT2D eigenvalue weighted by Gasteiger charge is 2.10. The predicted molar refractivity (Wildman–Crippen MR) is 69.9 cm³/mol. The van der Waals surface area contributed by atoms with Crippen LogP contribution >= 0.6 is 11.8 Å². The van der Waals surface area contributed by atoms with Crippen LogP contribution in [0.3, 0.4) is 0 Å². The molecule has 1 aromatic carbocycles. The van der Waals surface area contributed by atoms with Crippen molar-refractivity contribution in [3.63, 3.8) is 0 Å². The fourth-order valence-corrected chi connectivity index (χ4v) is 1.90. The first kappa shape index (κ1) is 16.2. The average molecular weight is 305 g/mol. The lowest BCUT2D eigenvalue weighted by molar-refractivity contribution is -0.133. The zero-order valence-corrected chi connectivity index (χ0v) is 11.2. The van der Waals surface area contributed by atoms with Gasteiger partial charge in [-0.3, -0.25) is 9.59 Å². The molecule has 5 nitrogen and oxygen atoms in total. The number of carbonyl (C=O) groups excluding carboxylic acids is 1. The second-order valence-corrected chi connectivity index (χ2v) is 4.64. The summed E-state index contributed by atoms with van der Waals surface area (Å²) in [5.74, 6) is -1.55. The summed E-state index contributed by atoms with van der Waals surface area (Å²) in [5, 5.41) is 10.9. The highest BCUT2D eigenvalue weighted by molar-refractivity contribution is 8.00. The summed E-state index contributed by atoms with van der Waals surface area (Å²) in [6, 6.07) is 6.12. The standard InChI is InChI=1S/C12H13F2NO4S/c13-12(14)19-9-4-2-1-3-8(9)5-15-10(16)6-20-7-11(17)18/h1-4,12H,5-7H2,(H,15,16)(H,17,18). The lowest BCUT2D eigenvalue weighted by atomic mass is 10.2. The van der Waals surface area contributed by atoms with Gasteiger partial charge in [0.25, 0.3) is 0 Å². The Bertz CT molecular complexity index is 471. The molecule has 110 valence electrons. The summed E-state index contributed by atoms with van der Waals surface area (Å²) in [6.45, 7) is -2.90. The van der Waals surface area contributed by atoms with Crippen molar-refractivity contribution >= 4 is 23.6 Å². The van der Waals surface area contributed by atoms with E-state index in [0.717, 1.165) is 11.8 Å². The van der Waals surface area contributed by atoms with Crippen molar-refractivity contribution in [2.24, 2.45) is 0 Å². The van der Waals surface area contributed by atoms with Crippen molar-refractivity contribution in [1.29, 1.82) is 0 Å². The largest absolute Gasteiger partial charge is 0.481 e. The van der Waals surface area contributed by atoms with Gasteiger partial charge in [0, 0.05) is 12.1 Å². The van der Waals surface area contributed by atoms with Crippen molar-refractivity contribution in [2.45, 2.75) is 13.2 Å². The Morgan fingerprint density at radius 2 is 2.00 bits per heavy atom. The van der Waals surface area contributed by atoms with Crippen LogP contribution in [0.1, 0.15) is 5.56 Å². The molecule has 2 N–H and O–H groups in total. The zero-order chi connectivity index (χ0) is 15.0. The SMILES string of the molecule is O=C(O)CSCC(=O)NCc1ccccc1OC(F)F. The molecule has 1 amide bonds. The molecule has 0 radical (unpaired) electrons. The molecule has 20 heavy (non-hydrogen) atoms. The summed E-state index contributed by atoms with van der Waals surface area (Å²) in [5.41, 5.74) is 0.421. The third kappa shape index (κ3) is 6.37. The van der Waals surface area contributed by atoms with Gasteiger partial charge in [-0.05, 0) is 6.07 Å². The van der Waals surface area contributed by atoms with Crippen molar-refractivity contribution < 1.29 is 28.2 Å². The fraction of sp³-hybridized carbons (Fsp3) is 0.333. The van der Waals surface area contributed by atoms with E-state index in [1.165, 1.54) is 6.07 Å². The summed E-state index contributed by atoms with van der Waals surface area (Å²) in [6.07, 6.45) is 0. The first-order valence-corrected chi connectivity index (χ1v) is 6.73. The summed E-state index contributed by atoms with van der Waals surface area (Å²) >= 11 is 0.957.